The zero-order valence-electron chi connectivity index (χ0n) is 13.6. The Bertz CT molecular complexity index is 792. The van der Waals surface area contributed by atoms with Gasteiger partial charge in [-0.15, -0.1) is 0 Å². The summed E-state index contributed by atoms with van der Waals surface area (Å²) in [5, 5.41) is 14.2. The molecule has 8 heteroatoms. The molecule has 3 heterocycles. The molecule has 0 saturated heterocycles. The second-order valence-corrected chi connectivity index (χ2v) is 6.37. The van der Waals surface area contributed by atoms with Gasteiger partial charge in [0.05, 0.1) is 24.7 Å². The molecule has 0 radical (unpaired) electrons. The van der Waals surface area contributed by atoms with Gasteiger partial charge in [-0.3, -0.25) is 19.4 Å². The van der Waals surface area contributed by atoms with Crippen molar-refractivity contribution in [3.05, 3.63) is 34.9 Å². The predicted octanol–water partition coefficient (Wildman–Crippen LogP) is 0.428. The molecule has 4 rings (SSSR count). The largest absolute Gasteiger partial charge is 0.359 e. The summed E-state index contributed by atoms with van der Waals surface area (Å²) in [4.78, 5) is 26.5. The van der Waals surface area contributed by atoms with E-state index in [4.69, 9.17) is 0 Å². The average Bonchev–Trinajstić information content (AvgIpc) is 3.29. The van der Waals surface area contributed by atoms with Gasteiger partial charge in [0.2, 0.25) is 5.91 Å². The van der Waals surface area contributed by atoms with E-state index >= 15 is 0 Å². The lowest BCUT2D eigenvalue weighted by Crippen LogP contribution is -2.43. The molecule has 2 aliphatic rings. The van der Waals surface area contributed by atoms with E-state index in [1.54, 1.807) is 18.1 Å². The zero-order valence-corrected chi connectivity index (χ0v) is 13.6. The van der Waals surface area contributed by atoms with Gasteiger partial charge in [0.25, 0.3) is 5.91 Å². The van der Waals surface area contributed by atoms with Crippen LogP contribution in [-0.2, 0) is 24.2 Å². The lowest BCUT2D eigenvalue weighted by Gasteiger charge is -2.33. The Morgan fingerprint density at radius 2 is 2.29 bits per heavy atom. The first-order chi connectivity index (χ1) is 11.7. The van der Waals surface area contributed by atoms with E-state index in [1.807, 2.05) is 10.7 Å². The Morgan fingerprint density at radius 3 is 3.12 bits per heavy atom. The molecule has 2 aromatic rings. The Balaban J connectivity index is 1.60. The first-order valence-electron chi connectivity index (χ1n) is 8.25. The molecule has 1 aliphatic carbocycles. The minimum absolute atomic E-state index is 0.0589. The van der Waals surface area contributed by atoms with E-state index in [-0.39, 0.29) is 17.9 Å². The second-order valence-electron chi connectivity index (χ2n) is 6.37. The van der Waals surface area contributed by atoms with Crippen molar-refractivity contribution in [2.24, 2.45) is 0 Å². The normalized spacial score (nSPS) is 19.0. The summed E-state index contributed by atoms with van der Waals surface area (Å²) < 4.78 is 1.86. The van der Waals surface area contributed by atoms with Crippen LogP contribution in [0.1, 0.15) is 46.3 Å². The summed E-state index contributed by atoms with van der Waals surface area (Å²) >= 11 is 0. The average molecular weight is 328 g/mol. The molecular weight excluding hydrogens is 308 g/mol. The standard InChI is InChI=1S/C16H20N6O2/c1-17-14(23)7-11-9-21(8-10-5-6-18-22(10)11)16(24)15-12-3-2-4-13(12)19-20-15/h5-6,11H,2-4,7-9H2,1H3,(H,17,23)(H,19,20)/t11-/m0/s1. The highest BCUT2D eigenvalue weighted by Crippen LogP contribution is 2.27. The maximum Gasteiger partial charge on any atom is 0.275 e. The van der Waals surface area contributed by atoms with Crippen molar-refractivity contribution in [2.75, 3.05) is 13.6 Å². The van der Waals surface area contributed by atoms with Gasteiger partial charge >= 0.3 is 0 Å². The van der Waals surface area contributed by atoms with Gasteiger partial charge in [0.1, 0.15) is 0 Å². The van der Waals surface area contributed by atoms with Crippen LogP contribution in [0.25, 0.3) is 0 Å². The van der Waals surface area contributed by atoms with Crippen LogP contribution in [0, 0.1) is 0 Å². The molecule has 2 aromatic heterocycles. The molecular formula is C16H20N6O2. The highest BCUT2D eigenvalue weighted by Gasteiger charge is 2.33. The van der Waals surface area contributed by atoms with Crippen molar-refractivity contribution in [3.63, 3.8) is 0 Å². The third-order valence-electron chi connectivity index (χ3n) is 4.88. The van der Waals surface area contributed by atoms with E-state index < -0.39 is 0 Å². The Labute approximate surface area is 139 Å². The molecule has 24 heavy (non-hydrogen) atoms. The van der Waals surface area contributed by atoms with E-state index in [2.05, 4.69) is 20.6 Å². The summed E-state index contributed by atoms with van der Waals surface area (Å²) in [6, 6.07) is 1.74. The van der Waals surface area contributed by atoms with Crippen molar-refractivity contribution in [1.82, 2.24) is 30.2 Å². The monoisotopic (exact) mass is 328 g/mol. The van der Waals surface area contributed by atoms with Crippen LogP contribution in [0.2, 0.25) is 0 Å². The van der Waals surface area contributed by atoms with Crippen LogP contribution in [0.5, 0.6) is 0 Å². The third-order valence-corrected chi connectivity index (χ3v) is 4.88. The highest BCUT2D eigenvalue weighted by molar-refractivity contribution is 5.94. The van der Waals surface area contributed by atoms with Gasteiger partial charge in [-0.05, 0) is 25.3 Å². The fraction of sp³-hybridized carbons (Fsp3) is 0.500. The second kappa shape index (κ2) is 5.77. The zero-order chi connectivity index (χ0) is 16.7. The predicted molar refractivity (Wildman–Crippen MR) is 85.3 cm³/mol. The van der Waals surface area contributed by atoms with Gasteiger partial charge in [-0.25, -0.2) is 0 Å². The molecule has 8 nitrogen and oxygen atoms in total. The topological polar surface area (TPSA) is 95.9 Å². The van der Waals surface area contributed by atoms with Crippen molar-refractivity contribution in [2.45, 2.75) is 38.3 Å². The van der Waals surface area contributed by atoms with E-state index in [0.717, 1.165) is 36.2 Å². The van der Waals surface area contributed by atoms with Crippen molar-refractivity contribution in [3.8, 4) is 0 Å². The van der Waals surface area contributed by atoms with Gasteiger partial charge in [0.15, 0.2) is 5.69 Å². The Morgan fingerprint density at radius 1 is 1.42 bits per heavy atom. The number of carbonyl (C=O) groups is 2. The number of amides is 2. The summed E-state index contributed by atoms with van der Waals surface area (Å²) in [5.74, 6) is -0.125. The molecule has 1 atom stereocenters. The smallest absolute Gasteiger partial charge is 0.275 e. The molecule has 0 bridgehead atoms. The number of hydrogen-bond acceptors (Lipinski definition) is 4. The van der Waals surface area contributed by atoms with Gasteiger partial charge in [-0.1, -0.05) is 0 Å². The van der Waals surface area contributed by atoms with Crippen LogP contribution < -0.4 is 5.32 Å². The van der Waals surface area contributed by atoms with E-state index in [0.29, 0.717) is 25.2 Å². The molecule has 2 N–H and O–H groups in total. The summed E-state index contributed by atoms with van der Waals surface area (Å²) in [6.07, 6.45) is 4.94. The number of nitrogens with one attached hydrogen (secondary N) is 2. The van der Waals surface area contributed by atoms with E-state index in [9.17, 15) is 9.59 Å². The minimum atomic E-state index is -0.153. The minimum Gasteiger partial charge on any atom is -0.359 e. The molecule has 0 spiro atoms. The molecule has 0 fully saturated rings. The number of aryl methyl sites for hydroxylation is 1. The molecule has 0 unspecified atom stereocenters. The van der Waals surface area contributed by atoms with E-state index in [1.165, 1.54) is 0 Å². The molecule has 2 amide bonds. The molecule has 0 aromatic carbocycles. The quantitative estimate of drug-likeness (QED) is 0.854. The first kappa shape index (κ1) is 14.9. The number of hydrogen-bond donors (Lipinski definition) is 2. The lowest BCUT2D eigenvalue weighted by atomic mass is 10.1. The number of aromatic nitrogens is 4. The fourth-order valence-corrected chi connectivity index (χ4v) is 3.66. The van der Waals surface area contributed by atoms with Gasteiger partial charge < -0.3 is 10.2 Å². The number of rotatable bonds is 3. The van der Waals surface area contributed by atoms with Crippen LogP contribution in [-0.4, -0.2) is 50.3 Å². The van der Waals surface area contributed by atoms with Crippen molar-refractivity contribution in [1.29, 1.82) is 0 Å². The number of H-pyrrole nitrogens is 1. The summed E-state index contributed by atoms with van der Waals surface area (Å²) in [7, 11) is 1.62. The number of carbonyl (C=O) groups excluding carboxylic acids is 2. The SMILES string of the molecule is CNC(=O)C[C@H]1CN(C(=O)c2n[nH]c3c2CCC3)Cc2ccnn21. The van der Waals surface area contributed by atoms with Crippen molar-refractivity contribution < 1.29 is 9.59 Å². The third kappa shape index (κ3) is 2.38. The number of aromatic amines is 1. The fourth-order valence-electron chi connectivity index (χ4n) is 3.66. The van der Waals surface area contributed by atoms with Gasteiger partial charge in [0, 0.05) is 31.0 Å². The number of fused-ring (bicyclic) bond motifs is 2. The van der Waals surface area contributed by atoms with Crippen LogP contribution in [0.3, 0.4) is 0 Å². The maximum absolute atomic E-state index is 13.0. The summed E-state index contributed by atoms with van der Waals surface area (Å²) in [6.45, 7) is 0.952. The van der Waals surface area contributed by atoms with Crippen molar-refractivity contribution >= 4 is 11.8 Å². The highest BCUT2D eigenvalue weighted by atomic mass is 16.2. The maximum atomic E-state index is 13.0. The van der Waals surface area contributed by atoms with Gasteiger partial charge in [-0.2, -0.15) is 10.2 Å². The molecule has 0 saturated carbocycles. The Kier molecular flexibility index (Phi) is 3.59. The van der Waals surface area contributed by atoms with Crippen LogP contribution in [0.4, 0.5) is 0 Å². The van der Waals surface area contributed by atoms with Crippen LogP contribution >= 0.6 is 0 Å². The lowest BCUT2D eigenvalue weighted by molar-refractivity contribution is -0.121. The first-order valence-corrected chi connectivity index (χ1v) is 8.25. The number of nitrogens with zero attached hydrogens (tertiary/aromatic N) is 4. The Hall–Kier alpha value is -2.64. The molecule has 1 aliphatic heterocycles. The van der Waals surface area contributed by atoms with Crippen LogP contribution in [0.15, 0.2) is 12.3 Å². The molecule has 126 valence electrons. The summed E-state index contributed by atoms with van der Waals surface area (Å²) in [5.41, 5.74) is 3.62.